The van der Waals surface area contributed by atoms with Crippen molar-refractivity contribution in [1.29, 1.82) is 0 Å². The lowest BCUT2D eigenvalue weighted by atomic mass is 9.90. The molecule has 0 unspecified atom stereocenters. The SMILES string of the molecule is CC(=O)N1CCCC[C@H]2[C@@H]1CCN2CC1(O)CCN(c2ccccc2F)CC1. The van der Waals surface area contributed by atoms with Gasteiger partial charge in [0.05, 0.1) is 11.3 Å². The molecule has 4 rings (SSSR count). The monoisotopic (exact) mass is 389 g/mol. The first-order valence-electron chi connectivity index (χ1n) is 10.7. The van der Waals surface area contributed by atoms with Crippen LogP contribution in [-0.2, 0) is 4.79 Å². The molecule has 0 bridgehead atoms. The van der Waals surface area contributed by atoms with Crippen molar-refractivity contribution in [2.75, 3.05) is 37.6 Å². The average Bonchev–Trinajstić information content (AvgIpc) is 2.92. The Bertz CT molecular complexity index is 705. The molecule has 3 heterocycles. The standard InChI is InChI=1S/C22H32FN3O2/c1-17(27)26-12-5-4-8-20-21(26)9-13-25(20)16-22(28)10-14-24(15-11-22)19-7-3-2-6-18(19)23/h2-3,6-7,20-21,28H,4-5,8-16H2,1H3/t20-,21-/m0/s1. The topological polar surface area (TPSA) is 47.0 Å². The second kappa shape index (κ2) is 7.99. The molecular weight excluding hydrogens is 357 g/mol. The molecule has 0 radical (unpaired) electrons. The van der Waals surface area contributed by atoms with E-state index in [4.69, 9.17) is 0 Å². The molecule has 5 nitrogen and oxygen atoms in total. The van der Waals surface area contributed by atoms with E-state index in [9.17, 15) is 14.3 Å². The molecule has 3 aliphatic rings. The van der Waals surface area contributed by atoms with Gasteiger partial charge < -0.3 is 14.9 Å². The zero-order valence-electron chi connectivity index (χ0n) is 16.8. The first-order valence-corrected chi connectivity index (χ1v) is 10.7. The van der Waals surface area contributed by atoms with Crippen LogP contribution in [-0.4, -0.2) is 71.2 Å². The van der Waals surface area contributed by atoms with Crippen molar-refractivity contribution in [2.45, 2.75) is 63.1 Å². The number of carbonyl (C=O) groups excluding carboxylic acids is 1. The molecule has 154 valence electrons. The van der Waals surface area contributed by atoms with Gasteiger partial charge in [0, 0.05) is 51.7 Å². The van der Waals surface area contributed by atoms with Crippen LogP contribution in [0.15, 0.2) is 24.3 Å². The molecule has 3 aliphatic heterocycles. The van der Waals surface area contributed by atoms with E-state index in [1.54, 1.807) is 13.0 Å². The van der Waals surface area contributed by atoms with Crippen LogP contribution in [0.25, 0.3) is 0 Å². The van der Waals surface area contributed by atoms with Gasteiger partial charge in [-0.15, -0.1) is 0 Å². The van der Waals surface area contributed by atoms with Crippen LogP contribution in [0.4, 0.5) is 10.1 Å². The minimum atomic E-state index is -0.732. The Kier molecular flexibility index (Phi) is 5.61. The molecule has 3 fully saturated rings. The Morgan fingerprint density at radius 2 is 1.86 bits per heavy atom. The molecule has 28 heavy (non-hydrogen) atoms. The summed E-state index contributed by atoms with van der Waals surface area (Å²) in [6, 6.07) is 7.53. The fourth-order valence-electron chi connectivity index (χ4n) is 5.44. The Balaban J connectivity index is 1.39. The molecule has 0 aliphatic carbocycles. The van der Waals surface area contributed by atoms with Gasteiger partial charge in [0.15, 0.2) is 0 Å². The lowest BCUT2D eigenvalue weighted by Gasteiger charge is -2.43. The van der Waals surface area contributed by atoms with E-state index >= 15 is 0 Å². The quantitative estimate of drug-likeness (QED) is 0.863. The van der Waals surface area contributed by atoms with Crippen LogP contribution in [0, 0.1) is 5.82 Å². The summed E-state index contributed by atoms with van der Waals surface area (Å²) in [7, 11) is 0. The van der Waals surface area contributed by atoms with Crippen molar-refractivity contribution < 1.29 is 14.3 Å². The number of fused-ring (bicyclic) bond motifs is 1. The summed E-state index contributed by atoms with van der Waals surface area (Å²) in [5.74, 6) is -0.0197. The molecular formula is C22H32FN3O2. The number of benzene rings is 1. The van der Waals surface area contributed by atoms with Gasteiger partial charge in [-0.3, -0.25) is 9.69 Å². The molecule has 0 aromatic heterocycles. The van der Waals surface area contributed by atoms with E-state index < -0.39 is 5.60 Å². The molecule has 1 aromatic rings. The van der Waals surface area contributed by atoms with Crippen molar-refractivity contribution in [3.63, 3.8) is 0 Å². The second-order valence-corrected chi connectivity index (χ2v) is 8.76. The van der Waals surface area contributed by atoms with Crippen LogP contribution in [0.1, 0.15) is 45.4 Å². The normalized spacial score (nSPS) is 28.1. The number of nitrogens with zero attached hydrogens (tertiary/aromatic N) is 3. The minimum absolute atomic E-state index is 0.177. The third-order valence-electron chi connectivity index (χ3n) is 6.96. The number of likely N-dealkylation sites (tertiary alicyclic amines) is 2. The van der Waals surface area contributed by atoms with Gasteiger partial charge in [-0.25, -0.2) is 4.39 Å². The molecule has 1 aromatic carbocycles. The predicted octanol–water partition coefficient (Wildman–Crippen LogP) is 2.63. The highest BCUT2D eigenvalue weighted by atomic mass is 19.1. The molecule has 1 amide bonds. The number of carbonyl (C=O) groups is 1. The van der Waals surface area contributed by atoms with Crippen molar-refractivity contribution in [3.05, 3.63) is 30.1 Å². The van der Waals surface area contributed by atoms with Gasteiger partial charge in [0.2, 0.25) is 5.91 Å². The maximum atomic E-state index is 14.1. The predicted molar refractivity (Wildman–Crippen MR) is 108 cm³/mol. The summed E-state index contributed by atoms with van der Waals surface area (Å²) < 4.78 is 14.1. The number of hydrogen-bond acceptors (Lipinski definition) is 4. The molecule has 0 spiro atoms. The summed E-state index contributed by atoms with van der Waals surface area (Å²) in [6.45, 7) is 5.48. The lowest BCUT2D eigenvalue weighted by molar-refractivity contribution is -0.131. The van der Waals surface area contributed by atoms with E-state index in [-0.39, 0.29) is 11.7 Å². The lowest BCUT2D eigenvalue weighted by Crippen LogP contribution is -2.54. The third kappa shape index (κ3) is 3.90. The van der Waals surface area contributed by atoms with E-state index in [1.165, 1.54) is 6.07 Å². The number of hydrogen-bond donors (Lipinski definition) is 1. The third-order valence-corrected chi connectivity index (χ3v) is 6.96. The zero-order chi connectivity index (χ0) is 19.7. The van der Waals surface area contributed by atoms with Gasteiger partial charge in [-0.05, 0) is 44.2 Å². The Labute approximate surface area is 167 Å². The average molecular weight is 390 g/mol. The highest BCUT2D eigenvalue weighted by Gasteiger charge is 2.43. The molecule has 3 saturated heterocycles. The number of aliphatic hydroxyl groups is 1. The Morgan fingerprint density at radius 1 is 1.11 bits per heavy atom. The fourth-order valence-corrected chi connectivity index (χ4v) is 5.44. The summed E-state index contributed by atoms with van der Waals surface area (Å²) in [4.78, 5) is 18.6. The highest BCUT2D eigenvalue weighted by Crippen LogP contribution is 2.34. The highest BCUT2D eigenvalue weighted by molar-refractivity contribution is 5.73. The summed E-state index contributed by atoms with van der Waals surface area (Å²) in [5, 5.41) is 11.3. The summed E-state index contributed by atoms with van der Waals surface area (Å²) in [5.41, 5.74) is -0.101. The maximum absolute atomic E-state index is 14.1. The van der Waals surface area contributed by atoms with Gasteiger partial charge in [-0.2, -0.15) is 0 Å². The van der Waals surface area contributed by atoms with Crippen LogP contribution in [0.2, 0.25) is 0 Å². The number of anilines is 1. The van der Waals surface area contributed by atoms with E-state index in [0.717, 1.165) is 38.8 Å². The van der Waals surface area contributed by atoms with Crippen LogP contribution >= 0.6 is 0 Å². The fraction of sp³-hybridized carbons (Fsp3) is 0.682. The van der Waals surface area contributed by atoms with Gasteiger partial charge in [0.25, 0.3) is 0 Å². The zero-order valence-corrected chi connectivity index (χ0v) is 16.8. The first kappa shape index (κ1) is 19.6. The number of piperidine rings is 1. The largest absolute Gasteiger partial charge is 0.388 e. The summed E-state index contributed by atoms with van der Waals surface area (Å²) >= 11 is 0. The van der Waals surface area contributed by atoms with Crippen molar-refractivity contribution >= 4 is 11.6 Å². The summed E-state index contributed by atoms with van der Waals surface area (Å²) in [6.07, 6.45) is 5.61. The van der Waals surface area contributed by atoms with E-state index in [2.05, 4.69) is 9.80 Å². The van der Waals surface area contributed by atoms with E-state index in [0.29, 0.717) is 50.2 Å². The molecule has 1 N–H and O–H groups in total. The van der Waals surface area contributed by atoms with Crippen LogP contribution < -0.4 is 4.90 Å². The molecule has 6 heteroatoms. The van der Waals surface area contributed by atoms with Crippen molar-refractivity contribution in [2.24, 2.45) is 0 Å². The van der Waals surface area contributed by atoms with Crippen molar-refractivity contribution in [3.8, 4) is 0 Å². The molecule has 2 atom stereocenters. The number of β-amino-alcohol motifs (C(OH)–C–C–N with tert-alkyl or cyclic N) is 1. The number of para-hydroxylation sites is 1. The van der Waals surface area contributed by atoms with Crippen LogP contribution in [0.5, 0.6) is 0 Å². The minimum Gasteiger partial charge on any atom is -0.388 e. The van der Waals surface area contributed by atoms with Gasteiger partial charge in [0.1, 0.15) is 5.82 Å². The van der Waals surface area contributed by atoms with Crippen molar-refractivity contribution in [1.82, 2.24) is 9.80 Å². The van der Waals surface area contributed by atoms with E-state index in [1.807, 2.05) is 17.0 Å². The van der Waals surface area contributed by atoms with Gasteiger partial charge >= 0.3 is 0 Å². The van der Waals surface area contributed by atoms with Gasteiger partial charge in [-0.1, -0.05) is 18.6 Å². The number of halogens is 1. The molecule has 0 saturated carbocycles. The van der Waals surface area contributed by atoms with Crippen LogP contribution in [0.3, 0.4) is 0 Å². The Morgan fingerprint density at radius 3 is 2.57 bits per heavy atom. The Hall–Kier alpha value is -1.66. The maximum Gasteiger partial charge on any atom is 0.219 e. The smallest absolute Gasteiger partial charge is 0.219 e. The number of rotatable bonds is 3. The first-order chi connectivity index (χ1) is 13.5. The number of amides is 1. The second-order valence-electron chi connectivity index (χ2n) is 8.76.